The molecule has 0 saturated carbocycles. The Morgan fingerprint density at radius 2 is 2.16 bits per heavy atom. The van der Waals surface area contributed by atoms with Crippen molar-refractivity contribution in [3.63, 3.8) is 0 Å². The Bertz CT molecular complexity index is 682. The summed E-state index contributed by atoms with van der Waals surface area (Å²) in [6, 6.07) is 8.20. The number of halogens is 1. The molecule has 7 heteroatoms. The highest BCUT2D eigenvalue weighted by Gasteiger charge is 2.17. The zero-order valence-electron chi connectivity index (χ0n) is 14.5. The van der Waals surface area contributed by atoms with Crippen LogP contribution in [0.4, 0.5) is 0 Å². The van der Waals surface area contributed by atoms with Gasteiger partial charge in [0.15, 0.2) is 0 Å². The van der Waals surface area contributed by atoms with Crippen molar-refractivity contribution in [1.82, 2.24) is 15.6 Å². The standard InChI is InChI=1S/C18H23N3O2S.ClH/c1-12(2)23-15-7-5-13(6-8-15)18-21-16(11-24-18)17(22)20-10-14-4-3-9-19-14;/h5-8,11-12,14,19H,3-4,9-10H2,1-2H3,(H,20,22);1H. The van der Waals surface area contributed by atoms with Crippen LogP contribution in [0.15, 0.2) is 29.6 Å². The summed E-state index contributed by atoms with van der Waals surface area (Å²) in [5, 5.41) is 8.98. The minimum atomic E-state index is -0.106. The number of carbonyl (C=O) groups is 1. The molecule has 3 rings (SSSR count). The van der Waals surface area contributed by atoms with Crippen LogP contribution < -0.4 is 15.4 Å². The van der Waals surface area contributed by atoms with E-state index in [0.717, 1.165) is 29.3 Å². The molecule has 1 aromatic heterocycles. The molecule has 0 spiro atoms. The highest BCUT2D eigenvalue weighted by Crippen LogP contribution is 2.26. The quantitative estimate of drug-likeness (QED) is 0.803. The first-order valence-electron chi connectivity index (χ1n) is 8.36. The van der Waals surface area contributed by atoms with E-state index in [2.05, 4.69) is 15.6 Å². The van der Waals surface area contributed by atoms with Gasteiger partial charge in [-0.25, -0.2) is 4.98 Å². The van der Waals surface area contributed by atoms with Gasteiger partial charge >= 0.3 is 0 Å². The summed E-state index contributed by atoms with van der Waals surface area (Å²) in [6.45, 7) is 5.70. The molecule has 1 aromatic carbocycles. The summed E-state index contributed by atoms with van der Waals surface area (Å²) < 4.78 is 5.64. The minimum Gasteiger partial charge on any atom is -0.491 e. The number of benzene rings is 1. The fraction of sp³-hybridized carbons (Fsp3) is 0.444. The van der Waals surface area contributed by atoms with Gasteiger partial charge in [0.05, 0.1) is 6.10 Å². The number of hydrogen-bond acceptors (Lipinski definition) is 5. The third-order valence-electron chi connectivity index (χ3n) is 3.88. The first kappa shape index (κ1) is 19.7. The fourth-order valence-electron chi connectivity index (χ4n) is 2.70. The van der Waals surface area contributed by atoms with Crippen molar-refractivity contribution < 1.29 is 9.53 Å². The van der Waals surface area contributed by atoms with Gasteiger partial charge in [-0.3, -0.25) is 4.79 Å². The molecule has 25 heavy (non-hydrogen) atoms. The van der Waals surface area contributed by atoms with Gasteiger partial charge < -0.3 is 15.4 Å². The van der Waals surface area contributed by atoms with Crippen LogP contribution in [-0.4, -0.2) is 36.1 Å². The highest BCUT2D eigenvalue weighted by atomic mass is 35.5. The van der Waals surface area contributed by atoms with Crippen molar-refractivity contribution in [3.8, 4) is 16.3 Å². The van der Waals surface area contributed by atoms with E-state index in [1.165, 1.54) is 17.8 Å². The SMILES string of the molecule is CC(C)Oc1ccc(-c2nc(C(=O)NCC3CCCN3)cs2)cc1.Cl. The van der Waals surface area contributed by atoms with E-state index < -0.39 is 0 Å². The van der Waals surface area contributed by atoms with Gasteiger partial charge in [0.25, 0.3) is 5.91 Å². The molecule has 136 valence electrons. The van der Waals surface area contributed by atoms with Crippen molar-refractivity contribution in [2.75, 3.05) is 13.1 Å². The second-order valence-corrected chi connectivity index (χ2v) is 7.09. The molecule has 2 aromatic rings. The van der Waals surface area contributed by atoms with Gasteiger partial charge in [0, 0.05) is 23.5 Å². The zero-order valence-corrected chi connectivity index (χ0v) is 16.1. The zero-order chi connectivity index (χ0) is 16.9. The van der Waals surface area contributed by atoms with Crippen LogP contribution >= 0.6 is 23.7 Å². The molecule has 1 fully saturated rings. The number of nitrogens with zero attached hydrogens (tertiary/aromatic N) is 1. The van der Waals surface area contributed by atoms with E-state index in [4.69, 9.17) is 4.74 Å². The van der Waals surface area contributed by atoms with Gasteiger partial charge in [0.2, 0.25) is 0 Å². The normalized spacial score (nSPS) is 16.5. The largest absolute Gasteiger partial charge is 0.491 e. The van der Waals surface area contributed by atoms with Crippen molar-refractivity contribution in [2.45, 2.75) is 38.8 Å². The van der Waals surface area contributed by atoms with Crippen LogP contribution in [0.5, 0.6) is 5.75 Å². The molecule has 1 aliphatic heterocycles. The number of rotatable bonds is 6. The maximum absolute atomic E-state index is 12.2. The lowest BCUT2D eigenvalue weighted by molar-refractivity contribution is 0.0946. The number of aromatic nitrogens is 1. The third-order valence-corrected chi connectivity index (χ3v) is 4.77. The molecule has 2 heterocycles. The Morgan fingerprint density at radius 3 is 2.80 bits per heavy atom. The van der Waals surface area contributed by atoms with Crippen LogP contribution in [0.25, 0.3) is 10.6 Å². The average molecular weight is 382 g/mol. The summed E-state index contributed by atoms with van der Waals surface area (Å²) in [5.41, 5.74) is 1.48. The lowest BCUT2D eigenvalue weighted by Gasteiger charge is -2.10. The monoisotopic (exact) mass is 381 g/mol. The van der Waals surface area contributed by atoms with E-state index in [0.29, 0.717) is 18.3 Å². The van der Waals surface area contributed by atoms with Crippen LogP contribution in [0, 0.1) is 0 Å². The Balaban J connectivity index is 0.00000225. The molecule has 2 N–H and O–H groups in total. The Morgan fingerprint density at radius 1 is 1.40 bits per heavy atom. The van der Waals surface area contributed by atoms with Gasteiger partial charge in [-0.1, -0.05) is 0 Å². The molecule has 1 unspecified atom stereocenters. The molecule has 1 amide bonds. The second-order valence-electron chi connectivity index (χ2n) is 6.23. The summed E-state index contributed by atoms with van der Waals surface area (Å²) in [6.07, 6.45) is 2.45. The summed E-state index contributed by atoms with van der Waals surface area (Å²) >= 11 is 1.48. The Hall–Kier alpha value is -1.63. The molecular weight excluding hydrogens is 358 g/mol. The molecule has 5 nitrogen and oxygen atoms in total. The summed E-state index contributed by atoms with van der Waals surface area (Å²) in [5.74, 6) is 0.735. The number of thiazole rings is 1. The van der Waals surface area contributed by atoms with Crippen molar-refractivity contribution in [1.29, 1.82) is 0 Å². The lowest BCUT2D eigenvalue weighted by atomic mass is 10.2. The smallest absolute Gasteiger partial charge is 0.270 e. The van der Waals surface area contributed by atoms with Crippen LogP contribution in [0.2, 0.25) is 0 Å². The Kier molecular flexibility index (Phi) is 7.23. The van der Waals surface area contributed by atoms with Gasteiger partial charge in [-0.05, 0) is 57.5 Å². The van der Waals surface area contributed by atoms with Gasteiger partial charge in [-0.2, -0.15) is 0 Å². The third kappa shape index (κ3) is 5.42. The van der Waals surface area contributed by atoms with Crippen molar-refractivity contribution in [2.24, 2.45) is 0 Å². The van der Waals surface area contributed by atoms with E-state index in [-0.39, 0.29) is 24.4 Å². The molecule has 0 radical (unpaired) electrons. The van der Waals surface area contributed by atoms with Crippen LogP contribution in [0.3, 0.4) is 0 Å². The lowest BCUT2D eigenvalue weighted by Crippen LogP contribution is -2.37. The van der Waals surface area contributed by atoms with E-state index in [1.54, 1.807) is 0 Å². The van der Waals surface area contributed by atoms with E-state index in [1.807, 2.05) is 43.5 Å². The molecule has 1 atom stereocenters. The van der Waals surface area contributed by atoms with E-state index in [9.17, 15) is 4.79 Å². The van der Waals surface area contributed by atoms with Crippen molar-refractivity contribution >= 4 is 29.7 Å². The number of carbonyl (C=O) groups excluding carboxylic acids is 1. The molecule has 1 saturated heterocycles. The number of amides is 1. The number of ether oxygens (including phenoxy) is 1. The first-order chi connectivity index (χ1) is 11.6. The molecule has 1 aliphatic rings. The van der Waals surface area contributed by atoms with Crippen LogP contribution in [0.1, 0.15) is 37.2 Å². The highest BCUT2D eigenvalue weighted by molar-refractivity contribution is 7.13. The average Bonchev–Trinajstić information content (AvgIpc) is 3.24. The molecule has 0 aliphatic carbocycles. The minimum absolute atomic E-state index is 0. The Labute approximate surface area is 158 Å². The fourth-order valence-corrected chi connectivity index (χ4v) is 3.50. The van der Waals surface area contributed by atoms with E-state index >= 15 is 0 Å². The molecule has 0 bridgehead atoms. The second kappa shape index (κ2) is 9.17. The summed E-state index contributed by atoms with van der Waals surface area (Å²) in [4.78, 5) is 16.7. The number of nitrogens with one attached hydrogen (secondary N) is 2. The number of hydrogen-bond donors (Lipinski definition) is 2. The molecular formula is C18H24ClN3O2S. The van der Waals surface area contributed by atoms with Crippen molar-refractivity contribution in [3.05, 3.63) is 35.3 Å². The van der Waals surface area contributed by atoms with Gasteiger partial charge in [0.1, 0.15) is 16.5 Å². The predicted octanol–water partition coefficient (Wildman–Crippen LogP) is 3.50. The van der Waals surface area contributed by atoms with Gasteiger partial charge in [-0.15, -0.1) is 23.7 Å². The topological polar surface area (TPSA) is 63.2 Å². The van der Waals surface area contributed by atoms with Crippen LogP contribution in [-0.2, 0) is 0 Å². The summed E-state index contributed by atoms with van der Waals surface area (Å²) in [7, 11) is 0. The first-order valence-corrected chi connectivity index (χ1v) is 9.24. The maximum atomic E-state index is 12.2. The maximum Gasteiger partial charge on any atom is 0.270 e. The predicted molar refractivity (Wildman–Crippen MR) is 104 cm³/mol.